The van der Waals surface area contributed by atoms with Crippen LogP contribution >= 0.6 is 0 Å². The maximum absolute atomic E-state index is 11.5. The number of allylic oxidation sites excluding steroid dienone is 1. The molecule has 0 spiro atoms. The summed E-state index contributed by atoms with van der Waals surface area (Å²) in [6, 6.07) is 8.06. The van der Waals surface area contributed by atoms with Crippen molar-refractivity contribution in [3.8, 4) is 0 Å². The number of carbonyl (C=O) groups excluding carboxylic acids is 1. The van der Waals surface area contributed by atoms with E-state index in [1.54, 1.807) is 6.20 Å². The number of rotatable bonds is 4. The van der Waals surface area contributed by atoms with Crippen LogP contribution in [0.1, 0.15) is 31.9 Å². The van der Waals surface area contributed by atoms with Crippen LogP contribution in [-0.2, 0) is 6.42 Å². The van der Waals surface area contributed by atoms with Crippen LogP contribution in [0.3, 0.4) is 0 Å². The molecule has 2 amide bonds. The Morgan fingerprint density at radius 1 is 1.26 bits per heavy atom. The minimum atomic E-state index is -0.158. The molecule has 0 radical (unpaired) electrons. The van der Waals surface area contributed by atoms with Gasteiger partial charge in [-0.2, -0.15) is 0 Å². The molecule has 1 aromatic rings. The quantitative estimate of drug-likeness (QED) is 0.856. The first kappa shape index (κ1) is 15.3. The predicted octanol–water partition coefficient (Wildman–Crippen LogP) is 3.40. The summed E-state index contributed by atoms with van der Waals surface area (Å²) in [5, 5.41) is 5.55. The molecule has 0 saturated heterocycles. The topological polar surface area (TPSA) is 41.1 Å². The van der Waals surface area contributed by atoms with E-state index >= 15 is 0 Å². The average Bonchev–Trinajstić information content (AvgIpc) is 2.30. The number of nitrogens with one attached hydrogen (secondary N) is 2. The van der Waals surface area contributed by atoms with E-state index in [-0.39, 0.29) is 11.4 Å². The van der Waals surface area contributed by atoms with Crippen molar-refractivity contribution in [2.24, 2.45) is 5.41 Å². The number of hydrogen-bond donors (Lipinski definition) is 2. The molecule has 0 atom stereocenters. The van der Waals surface area contributed by atoms with Gasteiger partial charge in [-0.1, -0.05) is 51.1 Å². The number of amides is 2. The van der Waals surface area contributed by atoms with Crippen molar-refractivity contribution in [1.29, 1.82) is 0 Å². The van der Waals surface area contributed by atoms with Crippen LogP contribution in [0.5, 0.6) is 0 Å². The van der Waals surface area contributed by atoms with Crippen molar-refractivity contribution >= 4 is 6.03 Å². The van der Waals surface area contributed by atoms with Crippen molar-refractivity contribution in [1.82, 2.24) is 10.6 Å². The molecule has 0 aliphatic rings. The fourth-order valence-corrected chi connectivity index (χ4v) is 1.62. The van der Waals surface area contributed by atoms with Gasteiger partial charge in [-0.15, -0.1) is 0 Å². The van der Waals surface area contributed by atoms with Crippen LogP contribution in [0.15, 0.2) is 36.5 Å². The third-order valence-corrected chi connectivity index (χ3v) is 2.74. The van der Waals surface area contributed by atoms with Gasteiger partial charge in [0.2, 0.25) is 0 Å². The van der Waals surface area contributed by atoms with Crippen LogP contribution in [0.25, 0.3) is 0 Å². The lowest BCUT2D eigenvalue weighted by molar-refractivity contribution is 0.244. The Labute approximate surface area is 116 Å². The molecule has 19 heavy (non-hydrogen) atoms. The minimum Gasteiger partial charge on any atom is -0.338 e. The maximum atomic E-state index is 11.5. The van der Waals surface area contributed by atoms with Gasteiger partial charge in [0.05, 0.1) is 0 Å². The van der Waals surface area contributed by atoms with Gasteiger partial charge in [0, 0.05) is 12.7 Å². The fourth-order valence-electron chi connectivity index (χ4n) is 1.62. The summed E-state index contributed by atoms with van der Waals surface area (Å²) >= 11 is 0. The lowest BCUT2D eigenvalue weighted by atomic mass is 9.97. The van der Waals surface area contributed by atoms with E-state index in [1.807, 2.05) is 18.2 Å². The van der Waals surface area contributed by atoms with E-state index in [1.165, 1.54) is 11.1 Å². The van der Waals surface area contributed by atoms with Gasteiger partial charge < -0.3 is 10.6 Å². The first-order chi connectivity index (χ1) is 8.88. The molecule has 0 aromatic heterocycles. The average molecular weight is 260 g/mol. The maximum Gasteiger partial charge on any atom is 0.318 e. The SMILES string of the molecule is Cc1ccccc1CCNC(=O)N/C=C/C(C)(C)C. The second-order valence-electron chi connectivity index (χ2n) is 5.78. The smallest absolute Gasteiger partial charge is 0.318 e. The fraction of sp³-hybridized carbons (Fsp3) is 0.438. The molecule has 0 saturated carbocycles. The number of benzene rings is 1. The third-order valence-electron chi connectivity index (χ3n) is 2.74. The molecule has 1 aromatic carbocycles. The number of aryl methyl sites for hydroxylation is 1. The van der Waals surface area contributed by atoms with E-state index in [9.17, 15) is 4.79 Å². The van der Waals surface area contributed by atoms with E-state index in [4.69, 9.17) is 0 Å². The van der Waals surface area contributed by atoms with Crippen molar-refractivity contribution in [3.63, 3.8) is 0 Å². The standard InChI is InChI=1S/C16H24N2O/c1-13-7-5-6-8-14(13)9-11-17-15(19)18-12-10-16(2,3)4/h5-8,10,12H,9,11H2,1-4H3,(H2,17,18,19)/b12-10+. The highest BCUT2D eigenvalue weighted by molar-refractivity contribution is 5.74. The van der Waals surface area contributed by atoms with Crippen LogP contribution < -0.4 is 10.6 Å². The van der Waals surface area contributed by atoms with Gasteiger partial charge in [-0.05, 0) is 29.9 Å². The highest BCUT2D eigenvalue weighted by Crippen LogP contribution is 2.13. The molecule has 0 heterocycles. The molecule has 0 bridgehead atoms. The summed E-state index contributed by atoms with van der Waals surface area (Å²) in [4.78, 5) is 11.5. The van der Waals surface area contributed by atoms with Gasteiger partial charge in [0.1, 0.15) is 0 Å². The van der Waals surface area contributed by atoms with Crippen molar-refractivity contribution in [2.45, 2.75) is 34.1 Å². The Balaban J connectivity index is 2.28. The zero-order valence-electron chi connectivity index (χ0n) is 12.3. The molecular weight excluding hydrogens is 236 g/mol. The summed E-state index contributed by atoms with van der Waals surface area (Å²) in [5.74, 6) is 0. The molecule has 1 rings (SSSR count). The molecule has 104 valence electrons. The Kier molecular flexibility index (Phi) is 5.61. The highest BCUT2D eigenvalue weighted by atomic mass is 16.2. The van der Waals surface area contributed by atoms with Crippen LogP contribution in [0.4, 0.5) is 4.79 Å². The molecule has 0 aliphatic carbocycles. The van der Waals surface area contributed by atoms with Crippen molar-refractivity contribution in [2.75, 3.05) is 6.54 Å². The second-order valence-corrected chi connectivity index (χ2v) is 5.78. The summed E-state index contributed by atoms with van der Waals surface area (Å²) < 4.78 is 0. The van der Waals surface area contributed by atoms with Gasteiger partial charge in [-0.25, -0.2) is 4.79 Å². The third kappa shape index (κ3) is 6.65. The number of urea groups is 1. The van der Waals surface area contributed by atoms with E-state index in [0.29, 0.717) is 6.54 Å². The Morgan fingerprint density at radius 3 is 2.58 bits per heavy atom. The summed E-state index contributed by atoms with van der Waals surface area (Å²) in [6.45, 7) is 8.98. The summed E-state index contributed by atoms with van der Waals surface area (Å²) in [5.41, 5.74) is 2.61. The van der Waals surface area contributed by atoms with E-state index < -0.39 is 0 Å². The van der Waals surface area contributed by atoms with E-state index in [0.717, 1.165) is 6.42 Å². The van der Waals surface area contributed by atoms with Gasteiger partial charge in [0.25, 0.3) is 0 Å². The molecule has 0 unspecified atom stereocenters. The largest absolute Gasteiger partial charge is 0.338 e. The molecule has 3 heteroatoms. The Morgan fingerprint density at radius 2 is 1.95 bits per heavy atom. The van der Waals surface area contributed by atoms with Gasteiger partial charge in [-0.3, -0.25) is 0 Å². The highest BCUT2D eigenvalue weighted by Gasteiger charge is 2.04. The summed E-state index contributed by atoms with van der Waals surface area (Å²) in [7, 11) is 0. The molecule has 0 aliphatic heterocycles. The van der Waals surface area contributed by atoms with Crippen molar-refractivity contribution < 1.29 is 4.79 Å². The Hall–Kier alpha value is -1.77. The first-order valence-electron chi connectivity index (χ1n) is 6.65. The molecule has 2 N–H and O–H groups in total. The second kappa shape index (κ2) is 6.98. The normalized spacial score (nSPS) is 11.6. The number of hydrogen-bond acceptors (Lipinski definition) is 1. The van der Waals surface area contributed by atoms with Gasteiger partial charge >= 0.3 is 6.03 Å². The van der Waals surface area contributed by atoms with Crippen LogP contribution in [-0.4, -0.2) is 12.6 Å². The predicted molar refractivity (Wildman–Crippen MR) is 80.0 cm³/mol. The van der Waals surface area contributed by atoms with Crippen LogP contribution in [0.2, 0.25) is 0 Å². The Bertz CT molecular complexity index is 444. The first-order valence-corrected chi connectivity index (χ1v) is 6.65. The lowest BCUT2D eigenvalue weighted by Gasteiger charge is -2.11. The molecule has 3 nitrogen and oxygen atoms in total. The monoisotopic (exact) mass is 260 g/mol. The molecular formula is C16H24N2O. The zero-order valence-corrected chi connectivity index (χ0v) is 12.3. The van der Waals surface area contributed by atoms with E-state index in [2.05, 4.69) is 50.5 Å². The molecule has 0 fully saturated rings. The van der Waals surface area contributed by atoms with Gasteiger partial charge in [0.15, 0.2) is 0 Å². The number of carbonyl (C=O) groups is 1. The zero-order chi connectivity index (χ0) is 14.3. The van der Waals surface area contributed by atoms with Crippen LogP contribution in [0, 0.1) is 12.3 Å². The van der Waals surface area contributed by atoms with Crippen molar-refractivity contribution in [3.05, 3.63) is 47.7 Å². The minimum absolute atomic E-state index is 0.0778. The lowest BCUT2D eigenvalue weighted by Crippen LogP contribution is -2.33. The summed E-state index contributed by atoms with van der Waals surface area (Å²) in [6.07, 6.45) is 4.51.